The lowest BCUT2D eigenvalue weighted by molar-refractivity contribution is 0.351. The Hall–Kier alpha value is -6.61. The van der Waals surface area contributed by atoms with E-state index in [0.29, 0.717) is 34.2 Å². The van der Waals surface area contributed by atoms with Crippen molar-refractivity contribution in [1.29, 1.82) is 0 Å². The van der Waals surface area contributed by atoms with Crippen molar-refractivity contribution in [2.75, 3.05) is 56.9 Å². The summed E-state index contributed by atoms with van der Waals surface area (Å²) in [6.45, 7) is 0. The Morgan fingerprint density at radius 2 is 0.855 bits per heavy atom. The van der Waals surface area contributed by atoms with Gasteiger partial charge in [0.2, 0.25) is 0 Å². The van der Waals surface area contributed by atoms with Gasteiger partial charge in [-0.05, 0) is 94.1 Å². The number of methoxy groups -OCH3 is 8. The highest BCUT2D eigenvalue weighted by Crippen LogP contribution is 2.44. The minimum absolute atomic E-state index is 0.314. The van der Waals surface area contributed by atoms with Crippen LogP contribution < -0.4 is 48.5 Å². The SMILES string of the molecule is COc1ccc(C(c2ccc(OC)cc2)=c2cc(OC)c(OC)c3c2=c2c(C(c4ccc(OC)cc4)c4ccc(OC)cc4)cc(OC)c(OC)c2=[O+]3)cc1. The second-order valence-electron chi connectivity index (χ2n) is 12.7. The average Bonchev–Trinajstić information content (AvgIpc) is 3.65. The lowest BCUT2D eigenvalue weighted by Crippen LogP contribution is -2.17. The molecule has 0 atom stereocenters. The number of rotatable bonds is 13. The van der Waals surface area contributed by atoms with Gasteiger partial charge in [-0.2, -0.15) is 4.42 Å². The van der Waals surface area contributed by atoms with E-state index < -0.39 is 0 Å². The van der Waals surface area contributed by atoms with Crippen LogP contribution >= 0.6 is 0 Å². The zero-order valence-electron chi connectivity index (χ0n) is 32.1. The predicted molar refractivity (Wildman–Crippen MR) is 212 cm³/mol. The third-order valence-corrected chi connectivity index (χ3v) is 9.97. The maximum absolute atomic E-state index is 6.95. The molecular formula is C46H43O9+. The van der Waals surface area contributed by atoms with E-state index in [-0.39, 0.29) is 5.92 Å². The third-order valence-electron chi connectivity index (χ3n) is 9.97. The molecule has 0 N–H and O–H groups in total. The molecule has 0 aliphatic carbocycles. The van der Waals surface area contributed by atoms with Crippen LogP contribution in [0.15, 0.2) is 114 Å². The van der Waals surface area contributed by atoms with Gasteiger partial charge >= 0.3 is 11.2 Å². The van der Waals surface area contributed by atoms with Crippen LogP contribution in [0.2, 0.25) is 0 Å². The van der Waals surface area contributed by atoms with Crippen LogP contribution in [0.4, 0.5) is 0 Å². The van der Waals surface area contributed by atoms with Crippen molar-refractivity contribution < 1.29 is 37.9 Å². The van der Waals surface area contributed by atoms with Gasteiger partial charge in [-0.15, -0.1) is 0 Å². The molecule has 0 saturated carbocycles. The fraction of sp³-hybridized carbons (Fsp3) is 0.196. The van der Waals surface area contributed by atoms with Gasteiger partial charge in [0.25, 0.3) is 11.5 Å². The summed E-state index contributed by atoms with van der Waals surface area (Å²) in [5, 5.41) is 2.47. The maximum Gasteiger partial charge on any atom is 0.407 e. The summed E-state index contributed by atoms with van der Waals surface area (Å²) in [5.74, 6) is 5.06. The van der Waals surface area contributed by atoms with Crippen molar-refractivity contribution >= 4 is 5.57 Å². The van der Waals surface area contributed by atoms with Crippen LogP contribution in [0.3, 0.4) is 0 Å². The van der Waals surface area contributed by atoms with Crippen LogP contribution in [-0.4, -0.2) is 56.9 Å². The van der Waals surface area contributed by atoms with Gasteiger partial charge in [0.05, 0.1) is 56.9 Å². The number of benzene rings is 6. The number of hydrogen-bond acceptors (Lipinski definition) is 8. The highest BCUT2D eigenvalue weighted by Gasteiger charge is 2.36. The van der Waals surface area contributed by atoms with Gasteiger partial charge in [-0.25, -0.2) is 0 Å². The molecular weight excluding hydrogens is 696 g/mol. The lowest BCUT2D eigenvalue weighted by atomic mass is 9.83. The van der Waals surface area contributed by atoms with Crippen LogP contribution in [-0.2, 0) is 0 Å². The molecule has 7 rings (SSSR count). The fourth-order valence-corrected chi connectivity index (χ4v) is 7.31. The van der Waals surface area contributed by atoms with Crippen molar-refractivity contribution in [1.82, 2.24) is 0 Å². The molecule has 0 saturated heterocycles. The van der Waals surface area contributed by atoms with E-state index in [0.717, 1.165) is 72.0 Å². The van der Waals surface area contributed by atoms with Gasteiger partial charge < -0.3 is 37.9 Å². The molecule has 9 nitrogen and oxygen atoms in total. The normalized spacial score (nSPS) is 11.2. The Kier molecular flexibility index (Phi) is 10.5. The largest absolute Gasteiger partial charge is 0.497 e. The highest BCUT2D eigenvalue weighted by molar-refractivity contribution is 5.82. The molecule has 0 amide bonds. The first-order chi connectivity index (χ1) is 26.9. The summed E-state index contributed by atoms with van der Waals surface area (Å²) >= 11 is 0. The quantitative estimate of drug-likeness (QED) is 0.0875. The molecule has 0 fully saturated rings. The Morgan fingerprint density at radius 3 is 1.25 bits per heavy atom. The minimum atomic E-state index is -0.314. The second kappa shape index (κ2) is 15.8. The predicted octanol–water partition coefficient (Wildman–Crippen LogP) is 7.81. The first-order valence-corrected chi connectivity index (χ1v) is 17.6. The molecule has 9 heteroatoms. The van der Waals surface area contributed by atoms with E-state index in [1.54, 1.807) is 56.9 Å². The van der Waals surface area contributed by atoms with Gasteiger partial charge in [0.1, 0.15) is 33.4 Å². The molecule has 0 spiro atoms. The highest BCUT2D eigenvalue weighted by atomic mass is 16.5. The number of fused-ring (bicyclic) bond motifs is 2. The molecule has 6 aromatic rings. The van der Waals surface area contributed by atoms with Crippen molar-refractivity contribution in [2.45, 2.75) is 5.92 Å². The maximum atomic E-state index is 6.95. The Balaban J connectivity index is 1.76. The van der Waals surface area contributed by atoms with Crippen molar-refractivity contribution in [2.24, 2.45) is 0 Å². The smallest absolute Gasteiger partial charge is 0.407 e. The zero-order valence-corrected chi connectivity index (χ0v) is 32.1. The van der Waals surface area contributed by atoms with E-state index in [4.69, 9.17) is 42.3 Å². The third kappa shape index (κ3) is 6.63. The molecule has 0 radical (unpaired) electrons. The molecule has 280 valence electrons. The second-order valence-corrected chi connectivity index (χ2v) is 12.7. The summed E-state index contributed by atoms with van der Waals surface area (Å²) in [7, 11) is 13.1. The standard InChI is InChI=1S/C46H43O9/c1-47-31-17-9-27(10-18-31)39(28-11-19-32(48-2)20-12-28)35-25-37(51-5)43(53-7)45-41(35)42-36(26-38(52-6)44(54-8)46(42)55-45)40(29-13-21-33(49-3)22-14-29)30-15-23-34(50-4)24-16-30/h9-26,39H,1-8H3/q+1. The molecule has 1 aliphatic heterocycles. The van der Waals surface area contributed by atoms with Crippen molar-refractivity contribution in [3.63, 3.8) is 0 Å². The monoisotopic (exact) mass is 739 g/mol. The summed E-state index contributed by atoms with van der Waals surface area (Å²) in [4.78, 5) is 0. The van der Waals surface area contributed by atoms with Crippen LogP contribution in [0.5, 0.6) is 51.7 Å². The molecule has 1 heterocycles. The molecule has 55 heavy (non-hydrogen) atoms. The van der Waals surface area contributed by atoms with Crippen molar-refractivity contribution in [3.05, 3.63) is 163 Å². The topological polar surface area (TPSA) is 85.1 Å². The van der Waals surface area contributed by atoms with E-state index in [2.05, 4.69) is 24.3 Å². The first-order valence-electron chi connectivity index (χ1n) is 17.6. The Labute approximate surface area is 319 Å². The minimum Gasteiger partial charge on any atom is -0.497 e. The summed E-state index contributed by atoms with van der Waals surface area (Å²) < 4.78 is 53.4. The Bertz CT molecular complexity index is 2450. The van der Waals surface area contributed by atoms with E-state index >= 15 is 0 Å². The molecule has 1 aliphatic rings. The van der Waals surface area contributed by atoms with E-state index in [1.807, 2.05) is 84.9 Å². The summed E-state index contributed by atoms with van der Waals surface area (Å²) in [6, 6.07) is 36.2. The number of hydrogen-bond donors (Lipinski definition) is 0. The zero-order chi connectivity index (χ0) is 38.6. The molecule has 0 unspecified atom stereocenters. The van der Waals surface area contributed by atoms with Gasteiger partial charge in [0.15, 0.2) is 11.5 Å². The summed E-state index contributed by atoms with van der Waals surface area (Å²) in [6.07, 6.45) is 0. The van der Waals surface area contributed by atoms with E-state index in [9.17, 15) is 0 Å². The first kappa shape index (κ1) is 36.7. The van der Waals surface area contributed by atoms with Crippen molar-refractivity contribution in [3.8, 4) is 51.7 Å². The van der Waals surface area contributed by atoms with E-state index in [1.165, 1.54) is 0 Å². The van der Waals surface area contributed by atoms with Crippen LogP contribution in [0, 0.1) is 10.4 Å². The molecule has 6 aromatic carbocycles. The van der Waals surface area contributed by atoms with Crippen LogP contribution in [0.1, 0.15) is 33.7 Å². The molecule has 0 bridgehead atoms. The lowest BCUT2D eigenvalue weighted by Gasteiger charge is -2.20. The Morgan fingerprint density at radius 1 is 0.436 bits per heavy atom. The fourth-order valence-electron chi connectivity index (χ4n) is 7.31. The number of ether oxygens (including phenoxy) is 8. The summed E-state index contributed by atoms with van der Waals surface area (Å²) in [5.41, 5.74) is 6.26. The van der Waals surface area contributed by atoms with Gasteiger partial charge in [-0.3, -0.25) is 0 Å². The van der Waals surface area contributed by atoms with Gasteiger partial charge in [-0.1, -0.05) is 48.5 Å². The van der Waals surface area contributed by atoms with Gasteiger partial charge in [0, 0.05) is 11.1 Å². The molecule has 0 aromatic heterocycles. The van der Waals surface area contributed by atoms with Crippen LogP contribution in [0.25, 0.3) is 5.57 Å². The average molecular weight is 740 g/mol.